The third-order valence-corrected chi connectivity index (χ3v) is 4.46. The molecule has 0 heterocycles. The fourth-order valence-corrected chi connectivity index (χ4v) is 3.07. The van der Waals surface area contributed by atoms with Crippen molar-refractivity contribution in [1.29, 1.82) is 0 Å². The summed E-state index contributed by atoms with van der Waals surface area (Å²) in [6.07, 6.45) is -0.286. The number of ether oxygens (including phenoxy) is 2. The Kier molecular flexibility index (Phi) is 5.89. The molecule has 22 heavy (non-hydrogen) atoms. The van der Waals surface area contributed by atoms with Crippen molar-refractivity contribution < 1.29 is 32.6 Å². The molecule has 0 aliphatic heterocycles. The van der Waals surface area contributed by atoms with Crippen molar-refractivity contribution in [3.63, 3.8) is 0 Å². The van der Waals surface area contributed by atoms with Crippen molar-refractivity contribution in [3.05, 3.63) is 23.8 Å². The van der Waals surface area contributed by atoms with E-state index >= 15 is 0 Å². The molecule has 9 heteroatoms. The number of methoxy groups -OCH3 is 2. The van der Waals surface area contributed by atoms with Gasteiger partial charge in [-0.1, -0.05) is 0 Å². The van der Waals surface area contributed by atoms with Gasteiger partial charge in [0.1, 0.15) is 11.8 Å². The fourth-order valence-electron chi connectivity index (χ4n) is 1.66. The van der Waals surface area contributed by atoms with Crippen LogP contribution in [0.3, 0.4) is 0 Å². The summed E-state index contributed by atoms with van der Waals surface area (Å²) in [5.41, 5.74) is 0.149. The van der Waals surface area contributed by atoms with Crippen LogP contribution < -0.4 is 9.46 Å². The lowest BCUT2D eigenvalue weighted by atomic mass is 10.1. The van der Waals surface area contributed by atoms with Gasteiger partial charge in [-0.25, -0.2) is 8.42 Å². The number of nitrogens with one attached hydrogen (secondary N) is 1. The number of hydrogen-bond donors (Lipinski definition) is 2. The number of carboxylic acids is 1. The normalized spacial score (nSPS) is 12.5. The maximum Gasteiger partial charge on any atom is 0.321 e. The minimum absolute atomic E-state index is 0.149. The summed E-state index contributed by atoms with van der Waals surface area (Å²) in [5, 5.41) is 8.81. The monoisotopic (exact) mass is 331 g/mol. The van der Waals surface area contributed by atoms with Crippen LogP contribution in [0.25, 0.3) is 0 Å². The molecule has 1 aromatic rings. The van der Waals surface area contributed by atoms with E-state index in [0.29, 0.717) is 5.75 Å². The molecule has 0 saturated carbocycles. The second-order valence-electron chi connectivity index (χ2n) is 4.41. The van der Waals surface area contributed by atoms with Crippen molar-refractivity contribution in [1.82, 2.24) is 4.72 Å². The van der Waals surface area contributed by atoms with E-state index < -0.39 is 28.0 Å². The van der Waals surface area contributed by atoms with Crippen LogP contribution >= 0.6 is 0 Å². The van der Waals surface area contributed by atoms with Crippen LogP contribution in [0.1, 0.15) is 12.5 Å². The molecule has 0 fully saturated rings. The van der Waals surface area contributed by atoms with Gasteiger partial charge in [-0.2, -0.15) is 4.72 Å². The average Bonchev–Trinajstić information content (AvgIpc) is 2.46. The van der Waals surface area contributed by atoms with E-state index in [9.17, 15) is 18.0 Å². The van der Waals surface area contributed by atoms with Gasteiger partial charge in [-0.3, -0.25) is 9.59 Å². The Bertz CT molecular complexity index is 669. The molecule has 0 unspecified atom stereocenters. The van der Waals surface area contributed by atoms with Crippen LogP contribution in [0.15, 0.2) is 23.1 Å². The quantitative estimate of drug-likeness (QED) is 0.683. The third-order valence-electron chi connectivity index (χ3n) is 2.82. The van der Waals surface area contributed by atoms with Gasteiger partial charge in [-0.05, 0) is 30.7 Å². The highest BCUT2D eigenvalue weighted by Crippen LogP contribution is 2.23. The van der Waals surface area contributed by atoms with Crippen molar-refractivity contribution in [2.45, 2.75) is 24.3 Å². The molecule has 0 bridgehead atoms. The highest BCUT2D eigenvalue weighted by molar-refractivity contribution is 7.89. The zero-order chi connectivity index (χ0) is 16.9. The van der Waals surface area contributed by atoms with Gasteiger partial charge in [0.25, 0.3) is 0 Å². The molecule has 1 atom stereocenters. The second-order valence-corrected chi connectivity index (χ2v) is 6.09. The summed E-state index contributed by atoms with van der Waals surface area (Å²) < 4.78 is 36.1. The van der Waals surface area contributed by atoms with Gasteiger partial charge >= 0.3 is 11.9 Å². The Morgan fingerprint density at radius 3 is 2.45 bits per heavy atom. The molecule has 122 valence electrons. The number of sulfonamides is 1. The zero-order valence-electron chi connectivity index (χ0n) is 12.3. The first-order valence-corrected chi connectivity index (χ1v) is 7.68. The van der Waals surface area contributed by atoms with E-state index in [1.165, 1.54) is 39.3 Å². The fraction of sp³-hybridized carbons (Fsp3) is 0.385. The topological polar surface area (TPSA) is 119 Å². The first-order chi connectivity index (χ1) is 10.2. The number of carbonyl (C=O) groups is 2. The molecule has 0 spiro atoms. The first kappa shape index (κ1) is 17.9. The van der Waals surface area contributed by atoms with Crippen molar-refractivity contribution in [3.8, 4) is 5.75 Å². The number of aliphatic carboxylic acids is 1. The van der Waals surface area contributed by atoms with Gasteiger partial charge in [0, 0.05) is 0 Å². The number of hydrogen-bond acceptors (Lipinski definition) is 6. The highest BCUT2D eigenvalue weighted by Gasteiger charge is 2.25. The number of carboxylic acid groups (broad SMARTS) is 1. The van der Waals surface area contributed by atoms with E-state index in [2.05, 4.69) is 4.74 Å². The van der Waals surface area contributed by atoms with E-state index in [4.69, 9.17) is 9.84 Å². The Hall–Kier alpha value is -2.13. The standard InChI is InChI=1S/C13H17NO7S/c1-8(13(16)17)14-22(18,19)11-5-4-10(20-2)6-9(11)7-12(15)21-3/h4-6,8,14H,7H2,1-3H3,(H,16,17)/t8-/m0/s1. The molecule has 8 nitrogen and oxygen atoms in total. The largest absolute Gasteiger partial charge is 0.497 e. The molecule has 0 radical (unpaired) electrons. The molecule has 2 N–H and O–H groups in total. The van der Waals surface area contributed by atoms with Crippen LogP contribution in [0, 0.1) is 0 Å². The van der Waals surface area contributed by atoms with Crippen LogP contribution in [-0.4, -0.2) is 45.7 Å². The maximum atomic E-state index is 12.3. The van der Waals surface area contributed by atoms with Gasteiger partial charge in [0.05, 0.1) is 25.5 Å². The lowest BCUT2D eigenvalue weighted by Gasteiger charge is -2.14. The number of rotatable bonds is 7. The number of benzene rings is 1. The molecule has 0 aliphatic rings. The van der Waals surface area contributed by atoms with Crippen molar-refractivity contribution in [2.75, 3.05) is 14.2 Å². The minimum Gasteiger partial charge on any atom is -0.497 e. The molecular weight excluding hydrogens is 314 g/mol. The average molecular weight is 331 g/mol. The predicted octanol–water partition coefficient (Wildman–Crippen LogP) is 0.162. The Balaban J connectivity index is 3.26. The molecule has 0 aromatic heterocycles. The molecule has 0 aliphatic carbocycles. The Morgan fingerprint density at radius 2 is 1.95 bits per heavy atom. The van der Waals surface area contributed by atoms with Crippen molar-refractivity contribution >= 4 is 22.0 Å². The van der Waals surface area contributed by atoms with Crippen LogP contribution in [0.4, 0.5) is 0 Å². The molecule has 1 rings (SSSR count). The van der Waals surface area contributed by atoms with Gasteiger partial charge in [0.15, 0.2) is 0 Å². The SMILES string of the molecule is COC(=O)Cc1cc(OC)ccc1S(=O)(=O)N[C@@H](C)C(=O)O. The second kappa shape index (κ2) is 7.23. The number of carbonyl (C=O) groups excluding carboxylic acids is 1. The highest BCUT2D eigenvalue weighted by atomic mass is 32.2. The molecule has 0 amide bonds. The van der Waals surface area contributed by atoms with Crippen LogP contribution in [0.5, 0.6) is 5.75 Å². The summed E-state index contributed by atoms with van der Waals surface area (Å²) in [6.45, 7) is 1.20. The van der Waals surface area contributed by atoms with E-state index in [0.717, 1.165) is 0 Å². The predicted molar refractivity (Wildman–Crippen MR) is 76.1 cm³/mol. The smallest absolute Gasteiger partial charge is 0.321 e. The van der Waals surface area contributed by atoms with E-state index in [-0.39, 0.29) is 16.9 Å². The molecule has 0 saturated heterocycles. The van der Waals surface area contributed by atoms with Crippen molar-refractivity contribution in [2.24, 2.45) is 0 Å². The zero-order valence-corrected chi connectivity index (χ0v) is 13.1. The number of esters is 1. The lowest BCUT2D eigenvalue weighted by Crippen LogP contribution is -2.38. The molecule has 1 aromatic carbocycles. The van der Waals surface area contributed by atoms with Gasteiger partial charge in [0.2, 0.25) is 10.0 Å². The van der Waals surface area contributed by atoms with E-state index in [1.807, 2.05) is 4.72 Å². The summed E-state index contributed by atoms with van der Waals surface area (Å²) in [4.78, 5) is 22.0. The summed E-state index contributed by atoms with van der Waals surface area (Å²) in [7, 11) is -1.53. The van der Waals surface area contributed by atoms with Gasteiger partial charge in [-0.15, -0.1) is 0 Å². The maximum absolute atomic E-state index is 12.3. The first-order valence-electron chi connectivity index (χ1n) is 6.20. The van der Waals surface area contributed by atoms with Gasteiger partial charge < -0.3 is 14.6 Å². The Labute approximate surface area is 128 Å². The summed E-state index contributed by atoms with van der Waals surface area (Å²) >= 11 is 0. The lowest BCUT2D eigenvalue weighted by molar-refractivity contribution is -0.140. The minimum atomic E-state index is -4.11. The Morgan fingerprint density at radius 1 is 1.32 bits per heavy atom. The third kappa shape index (κ3) is 4.43. The summed E-state index contributed by atoms with van der Waals surface area (Å²) in [6, 6.07) is 2.73. The van der Waals surface area contributed by atoms with Crippen LogP contribution in [0.2, 0.25) is 0 Å². The molecular formula is C13H17NO7S. The van der Waals surface area contributed by atoms with E-state index in [1.54, 1.807) is 0 Å². The van der Waals surface area contributed by atoms with Crippen LogP contribution in [-0.2, 0) is 30.8 Å². The summed E-state index contributed by atoms with van der Waals surface area (Å²) in [5.74, 6) is -1.58.